The first-order valence-corrected chi connectivity index (χ1v) is 8.43. The lowest BCUT2D eigenvalue weighted by Crippen LogP contribution is -2.37. The Morgan fingerprint density at radius 1 is 1.18 bits per heavy atom. The predicted octanol–water partition coefficient (Wildman–Crippen LogP) is 1.87. The van der Waals surface area contributed by atoms with Crippen LogP contribution in [0.3, 0.4) is 0 Å². The number of aliphatic imine (C=N–C) groups is 1. The molecular weight excluding hydrogens is 300 g/mol. The van der Waals surface area contributed by atoms with Crippen molar-refractivity contribution in [1.82, 2.24) is 15.6 Å². The van der Waals surface area contributed by atoms with Gasteiger partial charge in [0.1, 0.15) is 5.01 Å². The molecule has 7 heteroatoms. The van der Waals surface area contributed by atoms with Crippen molar-refractivity contribution < 1.29 is 9.47 Å². The monoisotopic (exact) mass is 328 g/mol. The van der Waals surface area contributed by atoms with Crippen LogP contribution in [0.15, 0.2) is 4.99 Å². The smallest absolute Gasteiger partial charge is 0.191 e. The Morgan fingerprint density at radius 3 is 2.64 bits per heavy atom. The van der Waals surface area contributed by atoms with E-state index in [1.165, 1.54) is 4.88 Å². The van der Waals surface area contributed by atoms with Gasteiger partial charge in [-0.15, -0.1) is 11.3 Å². The first-order chi connectivity index (χ1) is 10.7. The lowest BCUT2D eigenvalue weighted by molar-refractivity contribution is 0.0689. The van der Waals surface area contributed by atoms with E-state index in [1.807, 2.05) is 6.92 Å². The summed E-state index contributed by atoms with van der Waals surface area (Å²) < 4.78 is 10.3. The third kappa shape index (κ3) is 7.72. The van der Waals surface area contributed by atoms with E-state index in [2.05, 4.69) is 27.5 Å². The molecule has 0 bridgehead atoms. The van der Waals surface area contributed by atoms with E-state index in [0.717, 1.165) is 42.7 Å². The van der Waals surface area contributed by atoms with Crippen molar-refractivity contribution in [3.8, 4) is 0 Å². The molecule has 0 amide bonds. The fourth-order valence-corrected chi connectivity index (χ4v) is 2.65. The maximum atomic E-state index is 5.42. The molecule has 2 N–H and O–H groups in total. The summed E-state index contributed by atoms with van der Waals surface area (Å²) >= 11 is 1.73. The third-order valence-electron chi connectivity index (χ3n) is 3.14. The Labute approximate surface area is 137 Å². The van der Waals surface area contributed by atoms with Gasteiger partial charge in [-0.05, 0) is 26.7 Å². The molecule has 0 aromatic carbocycles. The number of methoxy groups -OCH3 is 1. The summed E-state index contributed by atoms with van der Waals surface area (Å²) in [5.41, 5.74) is 1.11. The molecule has 0 saturated carbocycles. The zero-order valence-corrected chi connectivity index (χ0v) is 14.9. The standard InChI is InChI=1S/C15H28N4O2S/c1-12-13(2)22-14(19-12)11-18-15(16-3)17-7-5-6-8-21-10-9-20-4/h5-11H2,1-4H3,(H2,16,17,18). The Balaban J connectivity index is 2.10. The van der Waals surface area contributed by atoms with Gasteiger partial charge in [0, 0.05) is 32.2 Å². The van der Waals surface area contributed by atoms with Gasteiger partial charge in [-0.3, -0.25) is 4.99 Å². The zero-order chi connectivity index (χ0) is 16.2. The van der Waals surface area contributed by atoms with Crippen molar-refractivity contribution in [3.63, 3.8) is 0 Å². The molecule has 0 fully saturated rings. The summed E-state index contributed by atoms with van der Waals surface area (Å²) in [5.74, 6) is 0.811. The van der Waals surface area contributed by atoms with Crippen molar-refractivity contribution in [3.05, 3.63) is 15.6 Å². The fraction of sp³-hybridized carbons (Fsp3) is 0.733. The Hall–Kier alpha value is -1.18. The van der Waals surface area contributed by atoms with Crippen molar-refractivity contribution in [1.29, 1.82) is 0 Å². The van der Waals surface area contributed by atoms with Gasteiger partial charge in [-0.2, -0.15) is 0 Å². The molecule has 6 nitrogen and oxygen atoms in total. The number of ether oxygens (including phenoxy) is 2. The lowest BCUT2D eigenvalue weighted by Gasteiger charge is -2.10. The number of hydrogen-bond acceptors (Lipinski definition) is 5. The number of nitrogens with zero attached hydrogens (tertiary/aromatic N) is 2. The van der Waals surface area contributed by atoms with E-state index >= 15 is 0 Å². The maximum absolute atomic E-state index is 5.42. The van der Waals surface area contributed by atoms with Crippen LogP contribution >= 0.6 is 11.3 Å². The van der Waals surface area contributed by atoms with Crippen molar-refractivity contribution in [2.45, 2.75) is 33.2 Å². The zero-order valence-electron chi connectivity index (χ0n) is 14.1. The number of hydrogen-bond donors (Lipinski definition) is 2. The third-order valence-corrected chi connectivity index (χ3v) is 4.22. The van der Waals surface area contributed by atoms with Gasteiger partial charge in [0.2, 0.25) is 0 Å². The minimum Gasteiger partial charge on any atom is -0.382 e. The molecule has 0 aliphatic heterocycles. The van der Waals surface area contributed by atoms with Crippen LogP contribution in [0.2, 0.25) is 0 Å². The second-order valence-corrected chi connectivity index (χ2v) is 6.20. The number of guanidine groups is 1. The van der Waals surface area contributed by atoms with Gasteiger partial charge in [0.05, 0.1) is 25.5 Å². The number of aromatic nitrogens is 1. The van der Waals surface area contributed by atoms with Gasteiger partial charge >= 0.3 is 0 Å². The van der Waals surface area contributed by atoms with Gasteiger partial charge in [-0.25, -0.2) is 4.98 Å². The van der Waals surface area contributed by atoms with Crippen LogP contribution in [-0.4, -0.2) is 51.5 Å². The number of aryl methyl sites for hydroxylation is 2. The minimum atomic E-state index is 0.657. The Bertz CT molecular complexity index is 429. The highest BCUT2D eigenvalue weighted by Gasteiger charge is 2.04. The number of unbranched alkanes of at least 4 members (excludes halogenated alkanes) is 1. The lowest BCUT2D eigenvalue weighted by atomic mass is 10.3. The van der Waals surface area contributed by atoms with Gasteiger partial charge in [0.15, 0.2) is 5.96 Å². The molecule has 0 aliphatic rings. The quantitative estimate of drug-likeness (QED) is 0.390. The topological polar surface area (TPSA) is 67.8 Å². The van der Waals surface area contributed by atoms with Crippen molar-refractivity contribution >= 4 is 17.3 Å². The largest absolute Gasteiger partial charge is 0.382 e. The highest BCUT2D eigenvalue weighted by molar-refractivity contribution is 7.11. The molecule has 0 radical (unpaired) electrons. The molecule has 1 rings (SSSR count). The molecule has 1 aromatic heterocycles. The first kappa shape index (κ1) is 18.9. The molecular formula is C15H28N4O2S. The van der Waals surface area contributed by atoms with Crippen LogP contribution in [0.5, 0.6) is 0 Å². The summed E-state index contributed by atoms with van der Waals surface area (Å²) in [5, 5.41) is 7.67. The van der Waals surface area contributed by atoms with E-state index in [0.29, 0.717) is 19.8 Å². The predicted molar refractivity (Wildman–Crippen MR) is 91.7 cm³/mol. The van der Waals surface area contributed by atoms with Crippen LogP contribution in [0.4, 0.5) is 0 Å². The van der Waals surface area contributed by atoms with Crippen molar-refractivity contribution in [2.24, 2.45) is 4.99 Å². The van der Waals surface area contributed by atoms with Gasteiger partial charge in [-0.1, -0.05) is 0 Å². The van der Waals surface area contributed by atoms with E-state index in [9.17, 15) is 0 Å². The van der Waals surface area contributed by atoms with E-state index in [-0.39, 0.29) is 0 Å². The van der Waals surface area contributed by atoms with E-state index < -0.39 is 0 Å². The molecule has 1 aromatic rings. The van der Waals surface area contributed by atoms with Crippen LogP contribution in [0.25, 0.3) is 0 Å². The second kappa shape index (κ2) is 11.4. The molecule has 0 spiro atoms. The molecule has 126 valence electrons. The molecule has 0 atom stereocenters. The summed E-state index contributed by atoms with van der Waals surface area (Å²) in [6.45, 7) is 7.82. The van der Waals surface area contributed by atoms with E-state index in [1.54, 1.807) is 25.5 Å². The minimum absolute atomic E-state index is 0.657. The fourth-order valence-electron chi connectivity index (χ4n) is 1.77. The summed E-state index contributed by atoms with van der Waals surface area (Å²) in [6.07, 6.45) is 2.07. The Morgan fingerprint density at radius 2 is 2.00 bits per heavy atom. The molecule has 22 heavy (non-hydrogen) atoms. The molecule has 0 aliphatic carbocycles. The highest BCUT2D eigenvalue weighted by Crippen LogP contribution is 2.15. The van der Waals surface area contributed by atoms with Gasteiger partial charge < -0.3 is 20.1 Å². The SMILES string of the molecule is CN=C(NCCCCOCCOC)NCc1nc(C)c(C)s1. The van der Waals surface area contributed by atoms with Gasteiger partial charge in [0.25, 0.3) is 0 Å². The van der Waals surface area contributed by atoms with Crippen molar-refractivity contribution in [2.75, 3.05) is 40.5 Å². The maximum Gasteiger partial charge on any atom is 0.191 e. The molecule has 1 heterocycles. The molecule has 0 saturated heterocycles. The number of nitrogens with one attached hydrogen (secondary N) is 2. The van der Waals surface area contributed by atoms with Crippen LogP contribution < -0.4 is 10.6 Å². The normalized spacial score (nSPS) is 11.7. The molecule has 0 unspecified atom stereocenters. The summed E-state index contributed by atoms with van der Waals surface area (Å²) in [4.78, 5) is 9.99. The highest BCUT2D eigenvalue weighted by atomic mass is 32.1. The summed E-state index contributed by atoms with van der Waals surface area (Å²) in [7, 11) is 3.46. The second-order valence-electron chi connectivity index (χ2n) is 4.91. The van der Waals surface area contributed by atoms with Crippen LogP contribution in [0.1, 0.15) is 28.4 Å². The van der Waals surface area contributed by atoms with Crippen LogP contribution in [-0.2, 0) is 16.0 Å². The first-order valence-electron chi connectivity index (χ1n) is 7.61. The van der Waals surface area contributed by atoms with E-state index in [4.69, 9.17) is 9.47 Å². The van der Waals surface area contributed by atoms with Crippen LogP contribution in [0, 0.1) is 13.8 Å². The number of rotatable bonds is 10. The Kier molecular flexibility index (Phi) is 9.77. The average molecular weight is 328 g/mol. The average Bonchev–Trinajstić information content (AvgIpc) is 2.83. The summed E-state index contributed by atoms with van der Waals surface area (Å²) in [6, 6.07) is 0. The number of thiazole rings is 1.